The molecule has 0 aliphatic heterocycles. The van der Waals surface area contributed by atoms with Crippen LogP contribution in [0.25, 0.3) is 0 Å². The summed E-state index contributed by atoms with van der Waals surface area (Å²) in [5, 5.41) is 7.18. The van der Waals surface area contributed by atoms with Gasteiger partial charge in [0, 0.05) is 30.0 Å². The van der Waals surface area contributed by atoms with E-state index in [4.69, 9.17) is 4.74 Å². The third-order valence-electron chi connectivity index (χ3n) is 4.92. The third-order valence-corrected chi connectivity index (χ3v) is 5.79. The average Bonchev–Trinajstić information content (AvgIpc) is 3.39. The van der Waals surface area contributed by atoms with E-state index in [1.165, 1.54) is 23.5 Å². The van der Waals surface area contributed by atoms with Gasteiger partial charge in [-0.15, -0.1) is 11.3 Å². The van der Waals surface area contributed by atoms with Crippen LogP contribution in [0.2, 0.25) is 0 Å². The van der Waals surface area contributed by atoms with Crippen molar-refractivity contribution in [3.8, 4) is 0 Å². The molecule has 3 amide bonds. The summed E-state index contributed by atoms with van der Waals surface area (Å²) < 4.78 is 5.07. The fraction of sp³-hybridized carbons (Fsp3) is 0.200. The van der Waals surface area contributed by atoms with E-state index in [1.807, 2.05) is 19.2 Å². The Kier molecular flexibility index (Phi) is 8.53. The van der Waals surface area contributed by atoms with Crippen molar-refractivity contribution in [3.05, 3.63) is 82.0 Å². The molecule has 0 unspecified atom stereocenters. The molecular weight excluding hydrogens is 454 g/mol. The van der Waals surface area contributed by atoms with E-state index in [2.05, 4.69) is 10.6 Å². The zero-order valence-electron chi connectivity index (χ0n) is 18.9. The molecule has 3 rings (SSSR count). The maximum atomic E-state index is 12.3. The summed E-state index contributed by atoms with van der Waals surface area (Å²) in [5.74, 6) is -1.47. The number of hydrogen-bond donors (Lipinski definition) is 2. The van der Waals surface area contributed by atoms with Crippen LogP contribution in [0.5, 0.6) is 0 Å². The molecule has 0 saturated heterocycles. The lowest BCUT2D eigenvalue weighted by Crippen LogP contribution is -2.30. The Morgan fingerprint density at radius 2 is 1.41 bits per heavy atom. The summed E-state index contributed by atoms with van der Waals surface area (Å²) >= 11 is 1.33. The van der Waals surface area contributed by atoms with Gasteiger partial charge in [0.1, 0.15) is 0 Å². The number of amides is 3. The molecule has 2 aromatic carbocycles. The van der Waals surface area contributed by atoms with Gasteiger partial charge in [-0.05, 0) is 73.8 Å². The second-order valence-corrected chi connectivity index (χ2v) is 8.14. The standard InChI is InChI=1S/C25H25N3O5S/c1-3-28(4-2)24(31)17-7-11-19(12-8-17)26-22(29)16-33-25(32)18-9-13-20(14-10-18)27-23(30)21-6-5-15-34-21/h5-15H,3-4,16H2,1-2H3,(H,26,29)(H,27,30). The van der Waals surface area contributed by atoms with Crippen LogP contribution >= 0.6 is 11.3 Å². The Balaban J connectivity index is 1.47. The molecular formula is C25H25N3O5S. The topological polar surface area (TPSA) is 105 Å². The number of carbonyl (C=O) groups excluding carboxylic acids is 4. The minimum absolute atomic E-state index is 0.0751. The third kappa shape index (κ3) is 6.52. The number of hydrogen-bond acceptors (Lipinski definition) is 6. The minimum Gasteiger partial charge on any atom is -0.452 e. The van der Waals surface area contributed by atoms with Gasteiger partial charge in [-0.3, -0.25) is 14.4 Å². The van der Waals surface area contributed by atoms with Gasteiger partial charge in [-0.25, -0.2) is 4.79 Å². The first kappa shape index (κ1) is 24.7. The Hall–Kier alpha value is -3.98. The molecule has 0 radical (unpaired) electrons. The average molecular weight is 480 g/mol. The maximum absolute atomic E-state index is 12.3. The van der Waals surface area contributed by atoms with Gasteiger partial charge in [-0.2, -0.15) is 0 Å². The number of esters is 1. The Bertz CT molecular complexity index is 1140. The SMILES string of the molecule is CCN(CC)C(=O)c1ccc(NC(=O)COC(=O)c2ccc(NC(=O)c3cccs3)cc2)cc1. The van der Waals surface area contributed by atoms with Gasteiger partial charge in [0.05, 0.1) is 10.4 Å². The molecule has 2 N–H and O–H groups in total. The second-order valence-electron chi connectivity index (χ2n) is 7.19. The van der Waals surface area contributed by atoms with Gasteiger partial charge < -0.3 is 20.3 Å². The van der Waals surface area contributed by atoms with Crippen molar-refractivity contribution in [2.45, 2.75) is 13.8 Å². The molecule has 3 aromatic rings. The van der Waals surface area contributed by atoms with Crippen molar-refractivity contribution in [3.63, 3.8) is 0 Å². The first-order valence-corrected chi connectivity index (χ1v) is 11.6. The second kappa shape index (κ2) is 11.8. The number of carbonyl (C=O) groups is 4. The quantitative estimate of drug-likeness (QED) is 0.446. The van der Waals surface area contributed by atoms with Crippen molar-refractivity contribution in [2.75, 3.05) is 30.3 Å². The highest BCUT2D eigenvalue weighted by Gasteiger charge is 2.14. The molecule has 0 spiro atoms. The Labute approximate surface area is 201 Å². The highest BCUT2D eigenvalue weighted by molar-refractivity contribution is 7.12. The van der Waals surface area contributed by atoms with Gasteiger partial charge in [0.25, 0.3) is 17.7 Å². The van der Waals surface area contributed by atoms with Gasteiger partial charge >= 0.3 is 5.97 Å². The van der Waals surface area contributed by atoms with E-state index in [1.54, 1.807) is 53.4 Å². The molecule has 1 aromatic heterocycles. The fourth-order valence-corrected chi connectivity index (χ4v) is 3.71. The van der Waals surface area contributed by atoms with Crippen LogP contribution in [-0.2, 0) is 9.53 Å². The summed E-state index contributed by atoms with van der Waals surface area (Å²) in [6.45, 7) is 4.60. The van der Waals surface area contributed by atoms with Crippen LogP contribution in [0.3, 0.4) is 0 Å². The predicted octanol–water partition coefficient (Wildman–Crippen LogP) is 4.28. The lowest BCUT2D eigenvalue weighted by molar-refractivity contribution is -0.119. The smallest absolute Gasteiger partial charge is 0.338 e. The Morgan fingerprint density at radius 1 is 0.824 bits per heavy atom. The van der Waals surface area contributed by atoms with E-state index < -0.39 is 18.5 Å². The molecule has 0 fully saturated rings. The molecule has 34 heavy (non-hydrogen) atoms. The van der Waals surface area contributed by atoms with Crippen molar-refractivity contribution in [2.24, 2.45) is 0 Å². The van der Waals surface area contributed by atoms with Crippen LogP contribution in [0, 0.1) is 0 Å². The van der Waals surface area contributed by atoms with E-state index in [-0.39, 0.29) is 17.4 Å². The van der Waals surface area contributed by atoms with Crippen LogP contribution in [0.4, 0.5) is 11.4 Å². The number of nitrogens with one attached hydrogen (secondary N) is 2. The van der Waals surface area contributed by atoms with Gasteiger partial charge in [-0.1, -0.05) is 6.07 Å². The normalized spacial score (nSPS) is 10.3. The lowest BCUT2D eigenvalue weighted by Gasteiger charge is -2.18. The molecule has 8 nitrogen and oxygen atoms in total. The number of ether oxygens (including phenoxy) is 1. The van der Waals surface area contributed by atoms with E-state index in [9.17, 15) is 19.2 Å². The van der Waals surface area contributed by atoms with Crippen molar-refractivity contribution in [1.29, 1.82) is 0 Å². The lowest BCUT2D eigenvalue weighted by atomic mass is 10.1. The zero-order valence-corrected chi connectivity index (χ0v) is 19.7. The van der Waals surface area contributed by atoms with E-state index in [0.717, 1.165) is 0 Å². The van der Waals surface area contributed by atoms with Crippen LogP contribution in [0.15, 0.2) is 66.0 Å². The summed E-state index contributed by atoms with van der Waals surface area (Å²) in [7, 11) is 0. The highest BCUT2D eigenvalue weighted by atomic mass is 32.1. The molecule has 0 atom stereocenters. The summed E-state index contributed by atoms with van der Waals surface area (Å²) in [6.07, 6.45) is 0. The van der Waals surface area contributed by atoms with Crippen molar-refractivity contribution >= 4 is 46.4 Å². The van der Waals surface area contributed by atoms with Gasteiger partial charge in [0.15, 0.2) is 6.61 Å². The zero-order chi connectivity index (χ0) is 24.5. The van der Waals surface area contributed by atoms with Crippen molar-refractivity contribution in [1.82, 2.24) is 4.90 Å². The van der Waals surface area contributed by atoms with Crippen LogP contribution < -0.4 is 10.6 Å². The van der Waals surface area contributed by atoms with E-state index in [0.29, 0.717) is 34.9 Å². The molecule has 0 saturated carbocycles. The predicted molar refractivity (Wildman–Crippen MR) is 131 cm³/mol. The fourth-order valence-electron chi connectivity index (χ4n) is 3.09. The number of benzene rings is 2. The van der Waals surface area contributed by atoms with Gasteiger partial charge in [0.2, 0.25) is 0 Å². The first-order chi connectivity index (χ1) is 16.4. The monoisotopic (exact) mass is 479 g/mol. The maximum Gasteiger partial charge on any atom is 0.338 e. The summed E-state index contributed by atoms with van der Waals surface area (Å²) in [4.78, 5) is 51.1. The Morgan fingerprint density at radius 3 is 1.97 bits per heavy atom. The number of rotatable bonds is 9. The largest absolute Gasteiger partial charge is 0.452 e. The molecule has 1 heterocycles. The summed E-state index contributed by atoms with van der Waals surface area (Å²) in [6, 6.07) is 16.2. The molecule has 0 aliphatic carbocycles. The molecule has 0 aliphatic rings. The molecule has 176 valence electrons. The van der Waals surface area contributed by atoms with Crippen LogP contribution in [-0.4, -0.2) is 48.3 Å². The highest BCUT2D eigenvalue weighted by Crippen LogP contribution is 2.15. The summed E-state index contributed by atoms with van der Waals surface area (Å²) in [5.41, 5.74) is 1.81. The van der Waals surface area contributed by atoms with Crippen molar-refractivity contribution < 1.29 is 23.9 Å². The number of nitrogens with zero attached hydrogens (tertiary/aromatic N) is 1. The van der Waals surface area contributed by atoms with E-state index >= 15 is 0 Å². The minimum atomic E-state index is -0.661. The molecule has 9 heteroatoms. The molecule has 0 bridgehead atoms. The van der Waals surface area contributed by atoms with Crippen LogP contribution in [0.1, 0.15) is 44.2 Å². The number of anilines is 2. The number of thiophene rings is 1. The first-order valence-electron chi connectivity index (χ1n) is 10.7.